The van der Waals surface area contributed by atoms with E-state index in [9.17, 15) is 10.1 Å². The largest absolute Gasteiger partial charge is 0.363 e. The van der Waals surface area contributed by atoms with Gasteiger partial charge in [0, 0.05) is 19.1 Å². The second kappa shape index (κ2) is 4.93. The Hall–Kier alpha value is -1.63. The molecule has 1 heterocycles. The SMILES string of the molecule is Cc1nn(C(C)C)c(NCCN)c1[N+](=O)[O-]. The maximum Gasteiger partial charge on any atom is 0.333 e. The highest BCUT2D eigenvalue weighted by atomic mass is 16.6. The van der Waals surface area contributed by atoms with Crippen LogP contribution in [-0.4, -0.2) is 27.8 Å². The molecule has 0 radical (unpaired) electrons. The molecule has 1 rings (SSSR count). The summed E-state index contributed by atoms with van der Waals surface area (Å²) in [5.74, 6) is 0.433. The van der Waals surface area contributed by atoms with Gasteiger partial charge in [-0.25, -0.2) is 4.68 Å². The van der Waals surface area contributed by atoms with Crippen LogP contribution in [0.2, 0.25) is 0 Å². The highest BCUT2D eigenvalue weighted by molar-refractivity contribution is 5.59. The number of aromatic nitrogens is 2. The molecule has 0 amide bonds. The molecular formula is C9H17N5O2. The minimum Gasteiger partial charge on any atom is -0.363 e. The number of hydrogen-bond donors (Lipinski definition) is 2. The van der Waals surface area contributed by atoms with Crippen molar-refractivity contribution in [1.82, 2.24) is 9.78 Å². The summed E-state index contributed by atoms with van der Waals surface area (Å²) in [5.41, 5.74) is 5.82. The van der Waals surface area contributed by atoms with Crippen LogP contribution in [0, 0.1) is 17.0 Å². The smallest absolute Gasteiger partial charge is 0.333 e. The molecule has 90 valence electrons. The third kappa shape index (κ3) is 2.30. The first-order chi connectivity index (χ1) is 7.49. The van der Waals surface area contributed by atoms with E-state index < -0.39 is 4.92 Å². The molecule has 0 atom stereocenters. The lowest BCUT2D eigenvalue weighted by atomic mass is 10.3. The summed E-state index contributed by atoms with van der Waals surface area (Å²) >= 11 is 0. The van der Waals surface area contributed by atoms with E-state index in [1.165, 1.54) is 0 Å². The summed E-state index contributed by atoms with van der Waals surface area (Å²) in [5, 5.41) is 18.0. The van der Waals surface area contributed by atoms with Crippen molar-refractivity contribution in [3.63, 3.8) is 0 Å². The summed E-state index contributed by atoms with van der Waals surface area (Å²) in [6, 6.07) is 0.0627. The third-order valence-electron chi connectivity index (χ3n) is 2.16. The first kappa shape index (κ1) is 12.4. The molecule has 3 N–H and O–H groups in total. The molecule has 7 nitrogen and oxygen atoms in total. The van der Waals surface area contributed by atoms with Crippen molar-refractivity contribution < 1.29 is 4.92 Å². The average Bonchev–Trinajstić information content (AvgIpc) is 2.52. The molecule has 0 aromatic carbocycles. The number of hydrogen-bond acceptors (Lipinski definition) is 5. The topological polar surface area (TPSA) is 99.0 Å². The molecule has 0 unspecified atom stereocenters. The summed E-state index contributed by atoms with van der Waals surface area (Å²) in [6.45, 7) is 6.37. The van der Waals surface area contributed by atoms with E-state index >= 15 is 0 Å². The van der Waals surface area contributed by atoms with E-state index in [0.717, 1.165) is 0 Å². The highest BCUT2D eigenvalue weighted by Crippen LogP contribution is 2.30. The van der Waals surface area contributed by atoms with Crippen LogP contribution in [0.3, 0.4) is 0 Å². The predicted octanol–water partition coefficient (Wildman–Crippen LogP) is 1.05. The Morgan fingerprint density at radius 3 is 2.69 bits per heavy atom. The van der Waals surface area contributed by atoms with Crippen LogP contribution < -0.4 is 11.1 Å². The number of rotatable bonds is 5. The zero-order chi connectivity index (χ0) is 12.3. The van der Waals surface area contributed by atoms with E-state index in [1.54, 1.807) is 11.6 Å². The summed E-state index contributed by atoms with van der Waals surface area (Å²) in [6.07, 6.45) is 0. The van der Waals surface area contributed by atoms with Gasteiger partial charge in [-0.05, 0) is 20.8 Å². The number of nitrogens with one attached hydrogen (secondary N) is 1. The normalized spacial score (nSPS) is 10.8. The quantitative estimate of drug-likeness (QED) is 0.578. The monoisotopic (exact) mass is 227 g/mol. The van der Waals surface area contributed by atoms with E-state index in [4.69, 9.17) is 5.73 Å². The van der Waals surface area contributed by atoms with Gasteiger partial charge in [-0.1, -0.05) is 0 Å². The Labute approximate surface area is 93.8 Å². The summed E-state index contributed by atoms with van der Waals surface area (Å²) < 4.78 is 1.61. The summed E-state index contributed by atoms with van der Waals surface area (Å²) in [7, 11) is 0. The highest BCUT2D eigenvalue weighted by Gasteiger charge is 2.25. The molecule has 0 aliphatic carbocycles. The third-order valence-corrected chi connectivity index (χ3v) is 2.16. The zero-order valence-electron chi connectivity index (χ0n) is 9.73. The number of aryl methyl sites for hydroxylation is 1. The number of nitrogens with two attached hydrogens (primary N) is 1. The molecule has 0 saturated heterocycles. The van der Waals surface area contributed by atoms with Crippen LogP contribution in [0.5, 0.6) is 0 Å². The van der Waals surface area contributed by atoms with Crippen LogP contribution in [0.4, 0.5) is 11.5 Å². The van der Waals surface area contributed by atoms with Gasteiger partial charge in [0.05, 0.1) is 4.92 Å². The lowest BCUT2D eigenvalue weighted by molar-refractivity contribution is -0.384. The predicted molar refractivity (Wildman–Crippen MR) is 61.5 cm³/mol. The average molecular weight is 227 g/mol. The maximum atomic E-state index is 10.9. The van der Waals surface area contributed by atoms with Gasteiger partial charge < -0.3 is 11.1 Å². The Balaban J connectivity index is 3.20. The molecule has 0 aliphatic heterocycles. The molecule has 0 fully saturated rings. The van der Waals surface area contributed by atoms with Crippen molar-refractivity contribution in [3.05, 3.63) is 15.8 Å². The van der Waals surface area contributed by atoms with Crippen molar-refractivity contribution >= 4 is 11.5 Å². The Morgan fingerprint density at radius 1 is 1.62 bits per heavy atom. The van der Waals surface area contributed by atoms with Crippen LogP contribution in [0.25, 0.3) is 0 Å². The van der Waals surface area contributed by atoms with Gasteiger partial charge in [0.1, 0.15) is 5.69 Å². The number of nitrogens with zero attached hydrogens (tertiary/aromatic N) is 3. The van der Waals surface area contributed by atoms with Crippen molar-refractivity contribution in [2.24, 2.45) is 5.73 Å². The standard InChI is InChI=1S/C9H17N5O2/c1-6(2)13-9(11-5-4-10)8(14(15)16)7(3)12-13/h6,11H,4-5,10H2,1-3H3. The fourth-order valence-corrected chi connectivity index (χ4v) is 1.49. The Kier molecular flexibility index (Phi) is 3.83. The van der Waals surface area contributed by atoms with Gasteiger partial charge in [0.25, 0.3) is 0 Å². The van der Waals surface area contributed by atoms with Crippen molar-refractivity contribution in [1.29, 1.82) is 0 Å². The van der Waals surface area contributed by atoms with Gasteiger partial charge >= 0.3 is 5.69 Å². The zero-order valence-corrected chi connectivity index (χ0v) is 9.73. The minimum atomic E-state index is -0.417. The fraction of sp³-hybridized carbons (Fsp3) is 0.667. The minimum absolute atomic E-state index is 0.0298. The molecule has 1 aromatic rings. The van der Waals surface area contributed by atoms with Crippen LogP contribution in [-0.2, 0) is 0 Å². The molecule has 0 bridgehead atoms. The first-order valence-corrected chi connectivity index (χ1v) is 5.16. The first-order valence-electron chi connectivity index (χ1n) is 5.16. The van der Waals surface area contributed by atoms with Crippen LogP contribution in [0.1, 0.15) is 25.6 Å². The maximum absolute atomic E-state index is 10.9. The van der Waals surface area contributed by atoms with Crippen LogP contribution in [0.15, 0.2) is 0 Å². The number of nitro groups is 1. The molecular weight excluding hydrogens is 210 g/mol. The second-order valence-corrected chi connectivity index (χ2v) is 3.79. The van der Waals surface area contributed by atoms with Crippen LogP contribution >= 0.6 is 0 Å². The molecule has 1 aromatic heterocycles. The van der Waals surface area contributed by atoms with Gasteiger partial charge in [0.15, 0.2) is 0 Å². The lowest BCUT2D eigenvalue weighted by Gasteiger charge is -2.10. The molecule has 0 spiro atoms. The van der Waals surface area contributed by atoms with E-state index in [1.807, 2.05) is 13.8 Å². The van der Waals surface area contributed by atoms with Gasteiger partial charge in [-0.3, -0.25) is 10.1 Å². The van der Waals surface area contributed by atoms with E-state index in [0.29, 0.717) is 24.6 Å². The lowest BCUT2D eigenvalue weighted by Crippen LogP contribution is -2.17. The Morgan fingerprint density at radius 2 is 2.25 bits per heavy atom. The van der Waals surface area contributed by atoms with Gasteiger partial charge in [0.2, 0.25) is 5.82 Å². The molecule has 7 heteroatoms. The second-order valence-electron chi connectivity index (χ2n) is 3.79. The fourth-order valence-electron chi connectivity index (χ4n) is 1.49. The molecule has 16 heavy (non-hydrogen) atoms. The van der Waals surface area contributed by atoms with Gasteiger partial charge in [-0.15, -0.1) is 0 Å². The summed E-state index contributed by atoms with van der Waals surface area (Å²) in [4.78, 5) is 10.5. The molecule has 0 saturated carbocycles. The van der Waals surface area contributed by atoms with Crippen molar-refractivity contribution in [2.75, 3.05) is 18.4 Å². The van der Waals surface area contributed by atoms with Crippen molar-refractivity contribution in [3.8, 4) is 0 Å². The number of anilines is 1. The van der Waals surface area contributed by atoms with Gasteiger partial charge in [-0.2, -0.15) is 5.10 Å². The Bertz CT molecular complexity index is 385. The van der Waals surface area contributed by atoms with E-state index in [2.05, 4.69) is 10.4 Å². The van der Waals surface area contributed by atoms with Crippen molar-refractivity contribution in [2.45, 2.75) is 26.8 Å². The molecule has 0 aliphatic rings. The van der Waals surface area contributed by atoms with E-state index in [-0.39, 0.29) is 11.7 Å².